The van der Waals surface area contributed by atoms with Gasteiger partial charge in [0.1, 0.15) is 5.75 Å². The Labute approximate surface area is 184 Å². The van der Waals surface area contributed by atoms with Crippen molar-refractivity contribution in [2.24, 2.45) is 22.7 Å². The lowest BCUT2D eigenvalue weighted by Gasteiger charge is -2.61. The van der Waals surface area contributed by atoms with Crippen LogP contribution in [0.1, 0.15) is 76.5 Å². The Morgan fingerprint density at radius 2 is 1.68 bits per heavy atom. The van der Waals surface area contributed by atoms with E-state index in [9.17, 15) is 14.0 Å². The van der Waals surface area contributed by atoms with Crippen molar-refractivity contribution in [1.29, 1.82) is 0 Å². The molecule has 174 valence electrons. The Hall–Kier alpha value is -0.680. The van der Waals surface area contributed by atoms with Crippen LogP contribution in [0.2, 0.25) is 0 Å². The Kier molecular flexibility index (Phi) is 5.42. The first-order chi connectivity index (χ1) is 14.1. The Bertz CT molecular complexity index is 1000. The predicted molar refractivity (Wildman–Crippen MR) is 118 cm³/mol. The number of hydrogen-bond donors (Lipinski definition) is 3. The molecule has 9 heteroatoms. The third-order valence-corrected chi connectivity index (χ3v) is 10.7. The van der Waals surface area contributed by atoms with E-state index in [2.05, 4.69) is 32.0 Å². The first kappa shape index (κ1) is 23.5. The van der Waals surface area contributed by atoms with Gasteiger partial charge < -0.3 is 14.3 Å². The minimum atomic E-state index is -5.16. The van der Waals surface area contributed by atoms with Crippen molar-refractivity contribution in [3.63, 3.8) is 0 Å². The SMILES string of the molecule is Cc1cc(OP(=O)(O)OP(=O)(O)O)cc2c1[C@]1(C)CC[C@H]3C(C)(C)CCC[C@]3(C)[C@H]1C2. The highest BCUT2D eigenvalue weighted by molar-refractivity contribution is 7.60. The molecule has 2 saturated carbocycles. The van der Waals surface area contributed by atoms with E-state index in [4.69, 9.17) is 14.3 Å². The minimum Gasteiger partial charge on any atom is -0.404 e. The topological polar surface area (TPSA) is 113 Å². The molecule has 3 aliphatic carbocycles. The zero-order chi connectivity index (χ0) is 23.0. The van der Waals surface area contributed by atoms with Gasteiger partial charge >= 0.3 is 15.6 Å². The van der Waals surface area contributed by atoms with E-state index in [0.717, 1.165) is 24.0 Å². The highest BCUT2D eigenvalue weighted by Gasteiger charge is 2.61. The highest BCUT2D eigenvalue weighted by atomic mass is 31.3. The molecule has 7 nitrogen and oxygen atoms in total. The summed E-state index contributed by atoms with van der Waals surface area (Å²) in [7, 11) is -10.1. The van der Waals surface area contributed by atoms with Crippen molar-refractivity contribution >= 4 is 15.6 Å². The third kappa shape index (κ3) is 3.96. The van der Waals surface area contributed by atoms with E-state index < -0.39 is 15.6 Å². The Balaban J connectivity index is 1.70. The molecule has 31 heavy (non-hydrogen) atoms. The molecule has 0 saturated heterocycles. The quantitative estimate of drug-likeness (QED) is 0.486. The summed E-state index contributed by atoms with van der Waals surface area (Å²) in [5.41, 5.74) is 3.99. The number of phosphoric ester groups is 1. The van der Waals surface area contributed by atoms with Gasteiger partial charge in [-0.05, 0) is 95.9 Å². The Morgan fingerprint density at radius 3 is 2.32 bits per heavy atom. The molecule has 0 bridgehead atoms. The fourth-order valence-corrected chi connectivity index (χ4v) is 9.35. The van der Waals surface area contributed by atoms with Crippen molar-refractivity contribution in [1.82, 2.24) is 0 Å². The van der Waals surface area contributed by atoms with Gasteiger partial charge in [0.2, 0.25) is 0 Å². The maximum Gasteiger partial charge on any atom is 0.536 e. The molecule has 1 aromatic carbocycles. The molecule has 4 rings (SSSR count). The molecule has 0 heterocycles. The van der Waals surface area contributed by atoms with Gasteiger partial charge in [0.25, 0.3) is 0 Å². The second kappa shape index (κ2) is 7.16. The molecule has 5 atom stereocenters. The van der Waals surface area contributed by atoms with E-state index in [1.54, 1.807) is 12.1 Å². The standard InChI is InChI=1S/C22H34O7P2/c1-14-11-16(28-31(26,27)29-30(23,24)25)12-15-13-18-21(4)9-6-8-20(2,3)17(21)7-10-22(18,5)19(14)15/h11-12,17-18H,6-10,13H2,1-5H3,(H,26,27)(H2,23,24,25)/t17-,18+,21-,22+/m0/s1. The van der Waals surface area contributed by atoms with Gasteiger partial charge in [0.15, 0.2) is 0 Å². The van der Waals surface area contributed by atoms with Crippen molar-refractivity contribution in [2.75, 3.05) is 0 Å². The van der Waals surface area contributed by atoms with Crippen molar-refractivity contribution < 1.29 is 32.6 Å². The predicted octanol–water partition coefficient (Wildman–Crippen LogP) is 5.64. The van der Waals surface area contributed by atoms with Crippen molar-refractivity contribution in [3.8, 4) is 5.75 Å². The molecule has 0 amide bonds. The maximum absolute atomic E-state index is 12.1. The van der Waals surface area contributed by atoms with Gasteiger partial charge in [-0.1, -0.05) is 34.1 Å². The number of hydrogen-bond acceptors (Lipinski definition) is 4. The minimum absolute atomic E-state index is 0.0436. The smallest absolute Gasteiger partial charge is 0.404 e. The molecule has 2 fully saturated rings. The van der Waals surface area contributed by atoms with Gasteiger partial charge in [-0.3, -0.25) is 4.89 Å². The average Bonchev–Trinajstić information content (AvgIpc) is 2.85. The summed E-state index contributed by atoms with van der Waals surface area (Å²) in [6.07, 6.45) is 6.93. The number of fused-ring (bicyclic) bond motifs is 5. The molecule has 0 aliphatic heterocycles. The first-order valence-corrected chi connectivity index (χ1v) is 14.0. The van der Waals surface area contributed by atoms with Crippen molar-refractivity contribution in [3.05, 3.63) is 28.8 Å². The van der Waals surface area contributed by atoms with Gasteiger partial charge in [-0.2, -0.15) is 4.31 Å². The number of benzene rings is 1. The second-order valence-corrected chi connectivity index (χ2v) is 13.8. The fraction of sp³-hybridized carbons (Fsp3) is 0.727. The van der Waals surface area contributed by atoms with Gasteiger partial charge in [-0.25, -0.2) is 9.13 Å². The van der Waals surface area contributed by atoms with Crippen LogP contribution in [0, 0.1) is 29.6 Å². The van der Waals surface area contributed by atoms with Crippen LogP contribution in [0.3, 0.4) is 0 Å². The fourth-order valence-electron chi connectivity index (χ4n) is 7.77. The van der Waals surface area contributed by atoms with Crippen LogP contribution >= 0.6 is 15.6 Å². The number of phosphoric acid groups is 2. The van der Waals surface area contributed by atoms with Gasteiger partial charge in [0, 0.05) is 0 Å². The lowest BCUT2D eigenvalue weighted by Crippen LogP contribution is -2.55. The molecular formula is C22H34O7P2. The Morgan fingerprint density at radius 1 is 1.00 bits per heavy atom. The third-order valence-electron chi connectivity index (χ3n) is 8.61. The second-order valence-electron chi connectivity index (χ2n) is 11.0. The van der Waals surface area contributed by atoms with E-state index >= 15 is 0 Å². The van der Waals surface area contributed by atoms with Crippen LogP contribution in [0.25, 0.3) is 0 Å². The highest BCUT2D eigenvalue weighted by Crippen LogP contribution is 2.68. The van der Waals surface area contributed by atoms with Crippen LogP contribution in [-0.4, -0.2) is 14.7 Å². The molecule has 0 aromatic heterocycles. The monoisotopic (exact) mass is 472 g/mol. The summed E-state index contributed by atoms with van der Waals surface area (Å²) < 4.78 is 32.0. The van der Waals surface area contributed by atoms with Gasteiger partial charge in [-0.15, -0.1) is 0 Å². The molecule has 1 aromatic rings. The zero-order valence-electron chi connectivity index (χ0n) is 18.9. The van der Waals surface area contributed by atoms with Crippen LogP contribution in [-0.2, 0) is 25.3 Å². The summed E-state index contributed by atoms with van der Waals surface area (Å²) in [6.45, 7) is 11.6. The summed E-state index contributed by atoms with van der Waals surface area (Å²) in [4.78, 5) is 27.5. The van der Waals surface area contributed by atoms with Crippen LogP contribution in [0.5, 0.6) is 5.75 Å². The molecule has 1 unspecified atom stereocenters. The summed E-state index contributed by atoms with van der Waals surface area (Å²) in [6, 6.07) is 3.43. The largest absolute Gasteiger partial charge is 0.536 e. The van der Waals surface area contributed by atoms with E-state index in [1.807, 2.05) is 6.92 Å². The molecular weight excluding hydrogens is 438 g/mol. The number of aryl methyl sites for hydroxylation is 1. The van der Waals surface area contributed by atoms with E-state index in [0.29, 0.717) is 17.3 Å². The lowest BCUT2D eigenvalue weighted by atomic mass is 9.43. The normalized spacial score (nSPS) is 36.1. The zero-order valence-corrected chi connectivity index (χ0v) is 20.7. The van der Waals surface area contributed by atoms with E-state index in [1.165, 1.54) is 31.2 Å². The first-order valence-electron chi connectivity index (χ1n) is 11.0. The number of rotatable bonds is 4. The lowest BCUT2D eigenvalue weighted by molar-refractivity contribution is -0.0983. The molecule has 0 radical (unpaired) electrons. The summed E-state index contributed by atoms with van der Waals surface area (Å²) in [5, 5.41) is 0. The molecule has 0 spiro atoms. The van der Waals surface area contributed by atoms with E-state index in [-0.39, 0.29) is 16.6 Å². The molecule has 3 N–H and O–H groups in total. The van der Waals surface area contributed by atoms with Gasteiger partial charge in [0.05, 0.1) is 0 Å². The summed E-state index contributed by atoms with van der Waals surface area (Å²) >= 11 is 0. The van der Waals surface area contributed by atoms with Crippen LogP contribution in [0.15, 0.2) is 12.1 Å². The molecule has 3 aliphatic rings. The van der Waals surface area contributed by atoms with Crippen molar-refractivity contribution in [2.45, 2.75) is 78.6 Å². The average molecular weight is 472 g/mol. The maximum atomic E-state index is 12.1. The van der Waals surface area contributed by atoms with Crippen LogP contribution < -0.4 is 4.52 Å². The summed E-state index contributed by atoms with van der Waals surface area (Å²) in [5.74, 6) is 1.25. The van der Waals surface area contributed by atoms with Crippen LogP contribution in [0.4, 0.5) is 0 Å².